The highest BCUT2D eigenvalue weighted by molar-refractivity contribution is 9.10. The number of pyridine rings is 1. The molecule has 0 unspecified atom stereocenters. The number of hydrogen-bond donors (Lipinski definition) is 2. The van der Waals surface area contributed by atoms with E-state index in [1.165, 1.54) is 12.8 Å². The number of hydrogen-bond acceptors (Lipinski definition) is 3. The third-order valence-corrected chi connectivity index (χ3v) is 4.54. The number of benzene rings is 1. The Kier molecular flexibility index (Phi) is 4.73. The highest BCUT2D eigenvalue weighted by Crippen LogP contribution is 2.24. The Bertz CT molecular complexity index is 668. The number of nitrogens with zero attached hydrogens (tertiary/aromatic N) is 1. The van der Waals surface area contributed by atoms with Gasteiger partial charge in [0.1, 0.15) is 5.82 Å². The summed E-state index contributed by atoms with van der Waals surface area (Å²) in [5.41, 5.74) is 1.56. The number of carbonyl (C=O) groups excluding carboxylic acids is 1. The van der Waals surface area contributed by atoms with Crippen LogP contribution >= 0.6 is 15.9 Å². The molecular formula is C17H18BrN3O. The van der Waals surface area contributed by atoms with Gasteiger partial charge >= 0.3 is 0 Å². The molecule has 4 nitrogen and oxygen atoms in total. The fourth-order valence-corrected chi connectivity index (χ4v) is 3.06. The maximum atomic E-state index is 12.3. The lowest BCUT2D eigenvalue weighted by atomic mass is 10.2. The highest BCUT2D eigenvalue weighted by Gasteiger charge is 2.18. The molecular weight excluding hydrogens is 342 g/mol. The molecule has 3 rings (SSSR count). The van der Waals surface area contributed by atoms with Crippen LogP contribution in [0.15, 0.2) is 47.1 Å². The summed E-state index contributed by atoms with van der Waals surface area (Å²) in [6.07, 6.45) is 6.23. The summed E-state index contributed by atoms with van der Waals surface area (Å²) in [5.74, 6) is 0.635. The molecule has 1 fully saturated rings. The van der Waals surface area contributed by atoms with Gasteiger partial charge in [0.05, 0.1) is 5.69 Å². The predicted octanol–water partition coefficient (Wildman–Crippen LogP) is 4.26. The Morgan fingerprint density at radius 2 is 1.95 bits per heavy atom. The predicted molar refractivity (Wildman–Crippen MR) is 91.4 cm³/mol. The summed E-state index contributed by atoms with van der Waals surface area (Å²) >= 11 is 3.49. The van der Waals surface area contributed by atoms with E-state index in [1.54, 1.807) is 18.3 Å². The Labute approximate surface area is 138 Å². The van der Waals surface area contributed by atoms with Crippen LogP contribution in [0.3, 0.4) is 0 Å². The van der Waals surface area contributed by atoms with Crippen LogP contribution in [0.1, 0.15) is 36.0 Å². The topological polar surface area (TPSA) is 54.0 Å². The zero-order chi connectivity index (χ0) is 15.4. The summed E-state index contributed by atoms with van der Waals surface area (Å²) in [6, 6.07) is 11.7. The largest absolute Gasteiger partial charge is 0.349 e. The molecule has 1 amide bonds. The molecule has 1 aromatic heterocycles. The third kappa shape index (κ3) is 3.65. The molecule has 1 aromatic carbocycles. The molecule has 0 bridgehead atoms. The van der Waals surface area contributed by atoms with Gasteiger partial charge in [0.15, 0.2) is 0 Å². The number of para-hydroxylation sites is 1. The number of aromatic nitrogens is 1. The van der Waals surface area contributed by atoms with Gasteiger partial charge in [-0.05, 0) is 53.0 Å². The van der Waals surface area contributed by atoms with E-state index >= 15 is 0 Å². The van der Waals surface area contributed by atoms with Crippen molar-refractivity contribution >= 4 is 33.3 Å². The number of amides is 1. The molecule has 5 heteroatoms. The Morgan fingerprint density at radius 3 is 2.73 bits per heavy atom. The number of halogens is 1. The summed E-state index contributed by atoms with van der Waals surface area (Å²) in [6.45, 7) is 0. The van der Waals surface area contributed by atoms with Crippen molar-refractivity contribution in [1.29, 1.82) is 0 Å². The summed E-state index contributed by atoms with van der Waals surface area (Å²) in [7, 11) is 0. The van der Waals surface area contributed by atoms with Crippen molar-refractivity contribution in [2.45, 2.75) is 31.7 Å². The van der Waals surface area contributed by atoms with Gasteiger partial charge in [0.25, 0.3) is 5.91 Å². The molecule has 0 atom stereocenters. The normalized spacial score (nSPS) is 14.8. The average Bonchev–Trinajstić information content (AvgIpc) is 3.03. The quantitative estimate of drug-likeness (QED) is 0.857. The molecule has 1 aliphatic carbocycles. The number of carbonyl (C=O) groups is 1. The van der Waals surface area contributed by atoms with Crippen LogP contribution < -0.4 is 10.6 Å². The van der Waals surface area contributed by atoms with Crippen LogP contribution in [-0.2, 0) is 0 Å². The standard InChI is InChI=1S/C17H18BrN3O/c18-14-7-3-4-8-15(14)21-16-11-12(9-10-19-16)17(22)20-13-5-1-2-6-13/h3-4,7-11,13H,1-2,5-6H2,(H,19,21)(H,20,22). The monoisotopic (exact) mass is 359 g/mol. The van der Waals surface area contributed by atoms with E-state index in [4.69, 9.17) is 0 Å². The van der Waals surface area contributed by atoms with Crippen molar-refractivity contribution in [3.63, 3.8) is 0 Å². The lowest BCUT2D eigenvalue weighted by Crippen LogP contribution is -2.32. The van der Waals surface area contributed by atoms with Crippen molar-refractivity contribution < 1.29 is 4.79 Å². The van der Waals surface area contributed by atoms with E-state index in [2.05, 4.69) is 31.5 Å². The number of anilines is 2. The first-order chi connectivity index (χ1) is 10.7. The van der Waals surface area contributed by atoms with E-state index in [1.807, 2.05) is 24.3 Å². The van der Waals surface area contributed by atoms with Crippen molar-refractivity contribution in [2.24, 2.45) is 0 Å². The maximum absolute atomic E-state index is 12.3. The minimum Gasteiger partial charge on any atom is -0.349 e. The Morgan fingerprint density at radius 1 is 1.18 bits per heavy atom. The molecule has 2 aromatic rings. The molecule has 114 valence electrons. The van der Waals surface area contributed by atoms with Crippen molar-refractivity contribution in [2.75, 3.05) is 5.32 Å². The first-order valence-corrected chi connectivity index (χ1v) is 8.30. The van der Waals surface area contributed by atoms with Crippen LogP contribution in [0.25, 0.3) is 0 Å². The zero-order valence-corrected chi connectivity index (χ0v) is 13.8. The highest BCUT2D eigenvalue weighted by atomic mass is 79.9. The second-order valence-electron chi connectivity index (χ2n) is 5.49. The zero-order valence-electron chi connectivity index (χ0n) is 12.2. The van der Waals surface area contributed by atoms with Crippen molar-refractivity contribution in [3.8, 4) is 0 Å². The minimum atomic E-state index is -0.0236. The van der Waals surface area contributed by atoms with Gasteiger partial charge in [-0.25, -0.2) is 4.98 Å². The van der Waals surface area contributed by atoms with Gasteiger partial charge in [0, 0.05) is 22.3 Å². The van der Waals surface area contributed by atoms with Crippen LogP contribution in [0.5, 0.6) is 0 Å². The SMILES string of the molecule is O=C(NC1CCCC1)c1ccnc(Nc2ccccc2Br)c1. The molecule has 1 aliphatic rings. The van der Waals surface area contributed by atoms with Gasteiger partial charge in [-0.3, -0.25) is 4.79 Å². The number of nitrogens with one attached hydrogen (secondary N) is 2. The molecule has 2 N–H and O–H groups in total. The van der Waals surface area contributed by atoms with Gasteiger partial charge in [-0.15, -0.1) is 0 Å². The van der Waals surface area contributed by atoms with E-state index in [0.717, 1.165) is 23.0 Å². The fraction of sp³-hybridized carbons (Fsp3) is 0.294. The number of rotatable bonds is 4. The molecule has 0 radical (unpaired) electrons. The second kappa shape index (κ2) is 6.92. The lowest BCUT2D eigenvalue weighted by molar-refractivity contribution is 0.0938. The molecule has 0 saturated heterocycles. The van der Waals surface area contributed by atoms with Gasteiger partial charge in [-0.2, -0.15) is 0 Å². The van der Waals surface area contributed by atoms with Crippen molar-refractivity contribution in [1.82, 2.24) is 10.3 Å². The van der Waals surface area contributed by atoms with Gasteiger partial charge < -0.3 is 10.6 Å². The Hall–Kier alpha value is -1.88. The average molecular weight is 360 g/mol. The van der Waals surface area contributed by atoms with E-state index in [9.17, 15) is 4.79 Å². The maximum Gasteiger partial charge on any atom is 0.251 e. The first kappa shape index (κ1) is 15.0. The first-order valence-electron chi connectivity index (χ1n) is 7.51. The van der Waals surface area contributed by atoms with E-state index in [0.29, 0.717) is 17.4 Å². The van der Waals surface area contributed by atoms with E-state index < -0.39 is 0 Å². The summed E-state index contributed by atoms with van der Waals surface area (Å²) in [4.78, 5) is 16.6. The van der Waals surface area contributed by atoms with E-state index in [-0.39, 0.29) is 5.91 Å². The smallest absolute Gasteiger partial charge is 0.251 e. The lowest BCUT2D eigenvalue weighted by Gasteiger charge is -2.13. The van der Waals surface area contributed by atoms with Crippen LogP contribution in [0.2, 0.25) is 0 Å². The van der Waals surface area contributed by atoms with Crippen LogP contribution in [-0.4, -0.2) is 16.9 Å². The van der Waals surface area contributed by atoms with Crippen LogP contribution in [0.4, 0.5) is 11.5 Å². The second-order valence-corrected chi connectivity index (χ2v) is 6.34. The fourth-order valence-electron chi connectivity index (χ4n) is 2.68. The molecule has 0 aliphatic heterocycles. The Balaban J connectivity index is 1.72. The molecule has 1 heterocycles. The molecule has 1 saturated carbocycles. The van der Waals surface area contributed by atoms with Crippen molar-refractivity contribution in [3.05, 3.63) is 52.6 Å². The minimum absolute atomic E-state index is 0.0236. The summed E-state index contributed by atoms with van der Waals surface area (Å²) in [5, 5.41) is 6.32. The van der Waals surface area contributed by atoms with Crippen LogP contribution in [0, 0.1) is 0 Å². The summed E-state index contributed by atoms with van der Waals surface area (Å²) < 4.78 is 0.956. The molecule has 0 spiro atoms. The molecule has 22 heavy (non-hydrogen) atoms. The van der Waals surface area contributed by atoms with Gasteiger partial charge in [-0.1, -0.05) is 25.0 Å². The third-order valence-electron chi connectivity index (χ3n) is 3.85. The van der Waals surface area contributed by atoms with Gasteiger partial charge in [0.2, 0.25) is 0 Å².